The molecule has 0 aliphatic rings. The number of carbonyl (C=O) groups excluding carboxylic acids is 1. The second-order valence-electron chi connectivity index (χ2n) is 5.97. The molecule has 0 bridgehead atoms. The highest BCUT2D eigenvalue weighted by atomic mass is 32.2. The van der Waals surface area contributed by atoms with E-state index in [-0.39, 0.29) is 34.7 Å². The SMILES string of the molecule is CCS(=O)(=O)c1ccc(C(=O)NC[C@@H](Cc2ccccc2F)C(=O)O)cc1. The Kier molecular flexibility index (Phi) is 6.68. The van der Waals surface area contributed by atoms with E-state index in [4.69, 9.17) is 0 Å². The fraction of sp³-hybridized carbons (Fsp3) is 0.263. The Morgan fingerprint density at radius 1 is 1.11 bits per heavy atom. The third kappa shape index (κ3) is 5.37. The first-order chi connectivity index (χ1) is 12.7. The van der Waals surface area contributed by atoms with Gasteiger partial charge in [-0.25, -0.2) is 12.8 Å². The van der Waals surface area contributed by atoms with Crippen LogP contribution >= 0.6 is 0 Å². The number of benzene rings is 2. The highest BCUT2D eigenvalue weighted by molar-refractivity contribution is 7.91. The highest BCUT2D eigenvalue weighted by Crippen LogP contribution is 2.14. The van der Waals surface area contributed by atoms with Gasteiger partial charge in [0.25, 0.3) is 5.91 Å². The molecular formula is C19H20FNO5S. The van der Waals surface area contributed by atoms with Crippen LogP contribution in [-0.2, 0) is 21.1 Å². The van der Waals surface area contributed by atoms with Crippen molar-refractivity contribution >= 4 is 21.7 Å². The summed E-state index contributed by atoms with van der Waals surface area (Å²) < 4.78 is 37.3. The number of aliphatic carboxylic acids is 1. The van der Waals surface area contributed by atoms with Gasteiger partial charge in [0.05, 0.1) is 16.6 Å². The van der Waals surface area contributed by atoms with Crippen molar-refractivity contribution in [2.75, 3.05) is 12.3 Å². The van der Waals surface area contributed by atoms with Crippen LogP contribution in [0, 0.1) is 11.7 Å². The van der Waals surface area contributed by atoms with Gasteiger partial charge >= 0.3 is 5.97 Å². The van der Waals surface area contributed by atoms with Crippen LogP contribution in [0.15, 0.2) is 53.4 Å². The van der Waals surface area contributed by atoms with E-state index in [1.807, 2.05) is 0 Å². The summed E-state index contributed by atoms with van der Waals surface area (Å²) in [4.78, 5) is 23.7. The lowest BCUT2D eigenvalue weighted by molar-refractivity contribution is -0.141. The molecule has 0 saturated heterocycles. The molecule has 0 radical (unpaired) electrons. The summed E-state index contributed by atoms with van der Waals surface area (Å²) >= 11 is 0. The van der Waals surface area contributed by atoms with Gasteiger partial charge in [0, 0.05) is 12.1 Å². The molecule has 2 aromatic carbocycles. The number of rotatable bonds is 8. The molecule has 8 heteroatoms. The molecule has 0 fully saturated rings. The van der Waals surface area contributed by atoms with Crippen molar-refractivity contribution in [3.05, 3.63) is 65.5 Å². The lowest BCUT2D eigenvalue weighted by atomic mass is 9.99. The topological polar surface area (TPSA) is 101 Å². The van der Waals surface area contributed by atoms with E-state index in [0.29, 0.717) is 0 Å². The Hall–Kier alpha value is -2.74. The number of hydrogen-bond donors (Lipinski definition) is 2. The molecule has 0 spiro atoms. The van der Waals surface area contributed by atoms with Crippen LogP contribution in [0.2, 0.25) is 0 Å². The summed E-state index contributed by atoms with van der Waals surface area (Å²) in [6.07, 6.45) is -0.0596. The zero-order chi connectivity index (χ0) is 20.0. The molecule has 0 aliphatic heterocycles. The Morgan fingerprint density at radius 2 is 1.74 bits per heavy atom. The summed E-state index contributed by atoms with van der Waals surface area (Å²) in [5, 5.41) is 11.8. The second-order valence-corrected chi connectivity index (χ2v) is 8.25. The van der Waals surface area contributed by atoms with Gasteiger partial charge in [0.1, 0.15) is 5.82 Å². The van der Waals surface area contributed by atoms with E-state index in [9.17, 15) is 27.5 Å². The highest BCUT2D eigenvalue weighted by Gasteiger charge is 2.21. The van der Waals surface area contributed by atoms with E-state index < -0.39 is 33.4 Å². The van der Waals surface area contributed by atoms with Crippen LogP contribution in [0.1, 0.15) is 22.8 Å². The molecule has 0 aliphatic carbocycles. The summed E-state index contributed by atoms with van der Waals surface area (Å²) in [6.45, 7) is 1.34. The molecular weight excluding hydrogens is 373 g/mol. The van der Waals surface area contributed by atoms with Gasteiger partial charge in [-0.2, -0.15) is 0 Å². The minimum atomic E-state index is -3.36. The predicted octanol–water partition coefficient (Wildman–Crippen LogP) is 2.29. The summed E-state index contributed by atoms with van der Waals surface area (Å²) in [5.41, 5.74) is 0.466. The van der Waals surface area contributed by atoms with Crippen LogP contribution in [0.5, 0.6) is 0 Å². The van der Waals surface area contributed by atoms with Gasteiger partial charge in [-0.05, 0) is 42.3 Å². The molecule has 2 rings (SSSR count). The van der Waals surface area contributed by atoms with Crippen LogP contribution in [0.25, 0.3) is 0 Å². The Labute approximate surface area is 157 Å². The van der Waals surface area contributed by atoms with E-state index in [1.165, 1.54) is 49.4 Å². The lowest BCUT2D eigenvalue weighted by Gasteiger charge is -2.14. The molecule has 6 nitrogen and oxygen atoms in total. The Bertz CT molecular complexity index is 925. The van der Waals surface area contributed by atoms with Crippen molar-refractivity contribution < 1.29 is 27.5 Å². The van der Waals surface area contributed by atoms with Crippen molar-refractivity contribution in [1.29, 1.82) is 0 Å². The molecule has 0 saturated carbocycles. The number of halogens is 1. The lowest BCUT2D eigenvalue weighted by Crippen LogP contribution is -2.34. The van der Waals surface area contributed by atoms with Gasteiger partial charge in [-0.1, -0.05) is 25.1 Å². The molecule has 0 unspecified atom stereocenters. The number of nitrogens with one attached hydrogen (secondary N) is 1. The number of carbonyl (C=O) groups is 2. The molecule has 0 heterocycles. The van der Waals surface area contributed by atoms with Crippen LogP contribution in [-0.4, -0.2) is 37.7 Å². The van der Waals surface area contributed by atoms with Crippen molar-refractivity contribution in [1.82, 2.24) is 5.32 Å². The summed E-state index contributed by atoms with van der Waals surface area (Å²) in [7, 11) is -3.36. The predicted molar refractivity (Wildman–Crippen MR) is 97.7 cm³/mol. The number of carboxylic acids is 1. The first-order valence-electron chi connectivity index (χ1n) is 8.32. The molecule has 0 aromatic heterocycles. The Balaban J connectivity index is 2.04. The third-order valence-electron chi connectivity index (χ3n) is 4.14. The zero-order valence-corrected chi connectivity index (χ0v) is 15.5. The van der Waals surface area contributed by atoms with Gasteiger partial charge in [-0.15, -0.1) is 0 Å². The average Bonchev–Trinajstić information content (AvgIpc) is 2.66. The molecule has 2 N–H and O–H groups in total. The largest absolute Gasteiger partial charge is 0.481 e. The maximum absolute atomic E-state index is 13.7. The van der Waals surface area contributed by atoms with Crippen LogP contribution < -0.4 is 5.32 Å². The average molecular weight is 393 g/mol. The van der Waals surface area contributed by atoms with Gasteiger partial charge in [0.15, 0.2) is 9.84 Å². The first kappa shape index (κ1) is 20.6. The van der Waals surface area contributed by atoms with Crippen LogP contribution in [0.4, 0.5) is 4.39 Å². The quantitative estimate of drug-likeness (QED) is 0.717. The van der Waals surface area contributed by atoms with Gasteiger partial charge in [-0.3, -0.25) is 9.59 Å². The maximum Gasteiger partial charge on any atom is 0.308 e. The number of sulfone groups is 1. The second kappa shape index (κ2) is 8.77. The van der Waals surface area contributed by atoms with Crippen molar-refractivity contribution in [2.45, 2.75) is 18.2 Å². The molecule has 1 atom stereocenters. The smallest absolute Gasteiger partial charge is 0.308 e. The minimum absolute atomic E-state index is 0.0467. The van der Waals surface area contributed by atoms with Gasteiger partial charge < -0.3 is 10.4 Å². The first-order valence-corrected chi connectivity index (χ1v) is 9.97. The van der Waals surface area contributed by atoms with Crippen molar-refractivity contribution in [3.63, 3.8) is 0 Å². The minimum Gasteiger partial charge on any atom is -0.481 e. The van der Waals surface area contributed by atoms with E-state index in [1.54, 1.807) is 6.07 Å². The fourth-order valence-electron chi connectivity index (χ4n) is 2.47. The standard InChI is InChI=1S/C19H20FNO5S/c1-2-27(25,26)16-9-7-13(8-10-16)18(22)21-12-15(19(23)24)11-14-5-3-4-6-17(14)20/h3-10,15H,2,11-12H2,1H3,(H,21,22)(H,23,24)/t15-/m1/s1. The van der Waals surface area contributed by atoms with Crippen molar-refractivity contribution in [2.24, 2.45) is 5.92 Å². The molecule has 144 valence electrons. The number of hydrogen-bond acceptors (Lipinski definition) is 4. The molecule has 1 amide bonds. The van der Waals surface area contributed by atoms with E-state index in [0.717, 1.165) is 0 Å². The summed E-state index contributed by atoms with van der Waals surface area (Å²) in [5.74, 6) is -3.22. The third-order valence-corrected chi connectivity index (χ3v) is 5.89. The molecule has 27 heavy (non-hydrogen) atoms. The van der Waals surface area contributed by atoms with Crippen LogP contribution in [0.3, 0.4) is 0 Å². The normalized spacial score (nSPS) is 12.4. The Morgan fingerprint density at radius 3 is 2.30 bits per heavy atom. The van der Waals surface area contributed by atoms with E-state index in [2.05, 4.69) is 5.32 Å². The van der Waals surface area contributed by atoms with E-state index >= 15 is 0 Å². The van der Waals surface area contributed by atoms with Crippen molar-refractivity contribution in [3.8, 4) is 0 Å². The zero-order valence-electron chi connectivity index (χ0n) is 14.7. The van der Waals surface area contributed by atoms with Gasteiger partial charge in [0.2, 0.25) is 0 Å². The summed E-state index contributed by atoms with van der Waals surface area (Å²) in [6, 6.07) is 11.3. The monoisotopic (exact) mass is 393 g/mol. The number of carboxylic acid groups (broad SMARTS) is 1. The molecule has 2 aromatic rings. The maximum atomic E-state index is 13.7. The number of amides is 1. The fourth-order valence-corrected chi connectivity index (χ4v) is 3.36.